The molecular formula is C20H27BF2O2. The lowest BCUT2D eigenvalue weighted by molar-refractivity contribution is 0.167. The Labute approximate surface area is 149 Å². The molecule has 0 aliphatic rings. The van der Waals surface area contributed by atoms with Gasteiger partial charge in [-0.05, 0) is 30.8 Å². The molecule has 25 heavy (non-hydrogen) atoms. The van der Waals surface area contributed by atoms with E-state index in [0.29, 0.717) is 5.39 Å². The number of hydrogen-bond acceptors (Lipinski definition) is 2. The van der Waals surface area contributed by atoms with Crippen LogP contribution in [0.15, 0.2) is 43.0 Å². The van der Waals surface area contributed by atoms with Gasteiger partial charge in [0.15, 0.2) is 11.6 Å². The van der Waals surface area contributed by atoms with E-state index in [1.165, 1.54) is 12.5 Å². The van der Waals surface area contributed by atoms with Gasteiger partial charge < -0.3 is 9.39 Å². The fourth-order valence-electron chi connectivity index (χ4n) is 2.45. The fraction of sp³-hybridized carbons (Fsp3) is 0.400. The van der Waals surface area contributed by atoms with E-state index >= 15 is 0 Å². The van der Waals surface area contributed by atoms with Gasteiger partial charge >= 0.3 is 6.92 Å². The van der Waals surface area contributed by atoms with E-state index in [9.17, 15) is 8.78 Å². The van der Waals surface area contributed by atoms with Crippen molar-refractivity contribution in [3.05, 3.63) is 48.8 Å². The average Bonchev–Trinajstić information content (AvgIpc) is 2.57. The quantitative estimate of drug-likeness (QED) is 0.506. The van der Waals surface area contributed by atoms with E-state index < -0.39 is 18.3 Å². The molecule has 136 valence electrons. The lowest BCUT2D eigenvalue weighted by atomic mass is 9.61. The zero-order valence-electron chi connectivity index (χ0n) is 15.7. The highest BCUT2D eigenvalue weighted by Crippen LogP contribution is 2.28. The molecule has 0 saturated heterocycles. The van der Waals surface area contributed by atoms with Gasteiger partial charge in [-0.15, -0.1) is 6.58 Å². The van der Waals surface area contributed by atoms with Gasteiger partial charge in [-0.2, -0.15) is 0 Å². The number of hydrogen-bond donors (Lipinski definition) is 0. The Bertz CT molecular complexity index is 701. The van der Waals surface area contributed by atoms with Crippen molar-refractivity contribution in [2.75, 3.05) is 6.86 Å². The molecule has 0 unspecified atom stereocenters. The summed E-state index contributed by atoms with van der Waals surface area (Å²) in [4.78, 5) is 0. The Morgan fingerprint density at radius 3 is 2.40 bits per heavy atom. The molecule has 0 bridgehead atoms. The van der Waals surface area contributed by atoms with Crippen molar-refractivity contribution in [1.29, 1.82) is 0 Å². The minimum atomic E-state index is -1.09. The van der Waals surface area contributed by atoms with Crippen LogP contribution in [0.25, 0.3) is 10.8 Å². The van der Waals surface area contributed by atoms with Crippen LogP contribution in [-0.4, -0.2) is 19.4 Å². The van der Waals surface area contributed by atoms with Crippen LogP contribution in [0.2, 0.25) is 6.82 Å². The highest BCUT2D eigenvalue weighted by molar-refractivity contribution is 6.69. The van der Waals surface area contributed by atoms with E-state index in [4.69, 9.17) is 9.39 Å². The molecule has 2 aromatic rings. The Kier molecular flexibility index (Phi) is 8.10. The summed E-state index contributed by atoms with van der Waals surface area (Å²) in [6, 6.07) is 8.43. The largest absolute Gasteiger partial charge is 0.459 e. The number of alkyl halides is 1. The molecular weight excluding hydrogens is 321 g/mol. The minimum Gasteiger partial charge on any atom is -0.459 e. The molecule has 0 radical (unpaired) electrons. The topological polar surface area (TPSA) is 18.5 Å². The molecule has 2 aromatic carbocycles. The average molecular weight is 348 g/mol. The summed E-state index contributed by atoms with van der Waals surface area (Å²) in [5.41, 5.74) is 0.214. The molecule has 0 fully saturated rings. The molecule has 5 heteroatoms. The Balaban J connectivity index is 0.000000970. The summed E-state index contributed by atoms with van der Waals surface area (Å²) < 4.78 is 37.5. The summed E-state index contributed by atoms with van der Waals surface area (Å²) in [6.45, 7) is 12.2. The van der Waals surface area contributed by atoms with Crippen molar-refractivity contribution in [3.8, 4) is 5.75 Å². The molecule has 2 nitrogen and oxygen atoms in total. The van der Waals surface area contributed by atoms with Crippen LogP contribution < -0.4 is 10.2 Å². The third-order valence-electron chi connectivity index (χ3n) is 3.59. The van der Waals surface area contributed by atoms with Crippen LogP contribution in [0.5, 0.6) is 5.75 Å². The lowest BCUT2D eigenvalue weighted by Crippen LogP contribution is -2.38. The molecule has 0 N–H and O–H groups in total. The molecule has 0 aliphatic carbocycles. The summed E-state index contributed by atoms with van der Waals surface area (Å²) >= 11 is 0. The second kappa shape index (κ2) is 9.57. The zero-order chi connectivity index (χ0) is 19.0. The predicted molar refractivity (Wildman–Crippen MR) is 103 cm³/mol. The third-order valence-corrected chi connectivity index (χ3v) is 3.59. The maximum absolute atomic E-state index is 14.0. The van der Waals surface area contributed by atoms with Crippen molar-refractivity contribution >= 4 is 23.2 Å². The van der Waals surface area contributed by atoms with Crippen molar-refractivity contribution in [1.82, 2.24) is 0 Å². The second-order valence-corrected chi connectivity index (χ2v) is 6.35. The summed E-state index contributed by atoms with van der Waals surface area (Å²) in [5.74, 6) is -0.671. The smallest absolute Gasteiger partial charge is 0.325 e. The highest BCUT2D eigenvalue weighted by atomic mass is 19.1. The van der Waals surface area contributed by atoms with Crippen molar-refractivity contribution in [2.24, 2.45) is 0 Å². The van der Waals surface area contributed by atoms with Gasteiger partial charge in [0, 0.05) is 5.39 Å². The lowest BCUT2D eigenvalue weighted by Gasteiger charge is -2.26. The molecule has 0 aromatic heterocycles. The first-order valence-electron chi connectivity index (χ1n) is 8.52. The van der Waals surface area contributed by atoms with Crippen LogP contribution in [0.4, 0.5) is 8.78 Å². The van der Waals surface area contributed by atoms with Crippen LogP contribution in [-0.2, 0) is 4.65 Å². The SMILES string of the molecule is C=CC(C)(C)OB(C)c1cccc2ccc(F)c(OCF)c12.CCC. The van der Waals surface area contributed by atoms with Crippen molar-refractivity contribution in [2.45, 2.75) is 46.5 Å². The fourth-order valence-corrected chi connectivity index (χ4v) is 2.45. The Hall–Kier alpha value is -1.88. The number of ether oxygens (including phenoxy) is 1. The minimum absolute atomic E-state index is 0.0811. The van der Waals surface area contributed by atoms with Crippen molar-refractivity contribution in [3.63, 3.8) is 0 Å². The first-order valence-corrected chi connectivity index (χ1v) is 8.52. The molecule has 0 heterocycles. The first-order chi connectivity index (χ1) is 11.8. The van der Waals surface area contributed by atoms with Gasteiger partial charge in [0.2, 0.25) is 6.86 Å². The number of benzene rings is 2. The van der Waals surface area contributed by atoms with Crippen LogP contribution in [0, 0.1) is 5.82 Å². The maximum atomic E-state index is 14.0. The second-order valence-electron chi connectivity index (χ2n) is 6.35. The van der Waals surface area contributed by atoms with Gasteiger partial charge in [0.25, 0.3) is 0 Å². The summed E-state index contributed by atoms with van der Waals surface area (Å²) in [6.07, 6.45) is 2.95. The highest BCUT2D eigenvalue weighted by Gasteiger charge is 2.25. The normalized spacial score (nSPS) is 10.8. The summed E-state index contributed by atoms with van der Waals surface area (Å²) in [5, 5.41) is 1.31. The Morgan fingerprint density at radius 2 is 1.84 bits per heavy atom. The molecule has 0 aliphatic heterocycles. The zero-order valence-corrected chi connectivity index (χ0v) is 15.7. The van der Waals surface area contributed by atoms with E-state index in [0.717, 1.165) is 10.8 Å². The maximum Gasteiger partial charge on any atom is 0.325 e. The number of halogens is 2. The monoisotopic (exact) mass is 348 g/mol. The summed E-state index contributed by atoms with van der Waals surface area (Å²) in [7, 11) is 0. The molecule has 0 amide bonds. The van der Waals surface area contributed by atoms with Gasteiger partial charge in [0.1, 0.15) is 0 Å². The number of rotatable bonds is 6. The van der Waals surface area contributed by atoms with Crippen molar-refractivity contribution < 1.29 is 18.2 Å². The molecule has 2 rings (SSSR count). The Morgan fingerprint density at radius 1 is 1.20 bits per heavy atom. The van der Waals surface area contributed by atoms with E-state index in [2.05, 4.69) is 20.4 Å². The van der Waals surface area contributed by atoms with Crippen LogP contribution in [0.1, 0.15) is 34.1 Å². The van der Waals surface area contributed by atoms with Gasteiger partial charge in [-0.25, -0.2) is 8.78 Å². The molecule has 0 saturated carbocycles. The predicted octanol–water partition coefficient (Wildman–Crippen LogP) is 5.51. The molecule has 0 spiro atoms. The number of fused-ring (bicyclic) bond motifs is 1. The van der Waals surface area contributed by atoms with Gasteiger partial charge in [0.05, 0.1) is 5.60 Å². The third kappa shape index (κ3) is 5.57. The van der Waals surface area contributed by atoms with Gasteiger partial charge in [-0.1, -0.05) is 57.4 Å². The van der Waals surface area contributed by atoms with Gasteiger partial charge in [-0.3, -0.25) is 0 Å². The van der Waals surface area contributed by atoms with Crippen LogP contribution >= 0.6 is 0 Å². The standard InChI is InChI=1S/C17H19BF2O2.C3H8/c1-5-17(2,3)22-18(4)13-8-6-7-12-9-10-14(20)16(15(12)13)21-11-19;1-3-2/h5-10H,1,11H2,2-4H3;3H2,1-2H3. The van der Waals surface area contributed by atoms with E-state index in [-0.39, 0.29) is 12.7 Å². The van der Waals surface area contributed by atoms with E-state index in [1.807, 2.05) is 38.9 Å². The first kappa shape index (κ1) is 21.2. The van der Waals surface area contributed by atoms with Crippen LogP contribution in [0.3, 0.4) is 0 Å². The molecule has 0 atom stereocenters. The van der Waals surface area contributed by atoms with E-state index in [1.54, 1.807) is 12.1 Å².